The van der Waals surface area contributed by atoms with Gasteiger partial charge in [-0.05, 0) is 72.6 Å². The average molecular weight is 509 g/mol. The van der Waals surface area contributed by atoms with Gasteiger partial charge in [-0.2, -0.15) is 0 Å². The summed E-state index contributed by atoms with van der Waals surface area (Å²) in [5, 5.41) is 13.1. The third-order valence-electron chi connectivity index (χ3n) is 7.82. The molecule has 8 heteroatoms. The summed E-state index contributed by atoms with van der Waals surface area (Å²) in [4.78, 5) is 26.0. The summed E-state index contributed by atoms with van der Waals surface area (Å²) in [6.07, 6.45) is 4.15. The number of amides is 2. The van der Waals surface area contributed by atoms with E-state index in [9.17, 15) is 23.5 Å². The third kappa shape index (κ3) is 5.50. The van der Waals surface area contributed by atoms with E-state index in [1.807, 2.05) is 25.1 Å². The lowest BCUT2D eigenvalue weighted by atomic mass is 9.65. The van der Waals surface area contributed by atoms with Crippen molar-refractivity contribution in [1.82, 2.24) is 10.2 Å². The van der Waals surface area contributed by atoms with Gasteiger partial charge in [0, 0.05) is 30.6 Å². The monoisotopic (exact) mass is 508 g/mol. The quantitative estimate of drug-likeness (QED) is 0.436. The van der Waals surface area contributed by atoms with Crippen LogP contribution in [0.25, 0.3) is 0 Å². The van der Waals surface area contributed by atoms with Crippen molar-refractivity contribution in [2.24, 2.45) is 23.2 Å². The molecule has 3 aliphatic rings. The second-order valence-corrected chi connectivity index (χ2v) is 12.4. The van der Waals surface area contributed by atoms with Crippen molar-refractivity contribution < 1.29 is 23.5 Å². The molecule has 0 spiro atoms. The number of urea groups is 1. The lowest BCUT2D eigenvalue weighted by Crippen LogP contribution is -2.57. The summed E-state index contributed by atoms with van der Waals surface area (Å²) in [6, 6.07) is 5.53. The molecule has 4 rings (SSSR count). The summed E-state index contributed by atoms with van der Waals surface area (Å²) in [7, 11) is 0. The standard InChI is InChI=1S/C27H35ClF2N2O3/c1-25(2,3)8-7-17-5-6-20(11-22(17)28)26(4)21(18-9-19(10-18)23(33)34)15-32(24(35)31-26)14-16-12-27(29,30)13-16/h5-6,11,15-16,18-19H,7-10,12-14H2,1-4H3,(H,31,35)(H,33,34)/t18-,19+,26-/m0/s1. The van der Waals surface area contributed by atoms with Gasteiger partial charge in [0.15, 0.2) is 0 Å². The number of alkyl halides is 2. The molecular formula is C27H35ClF2N2O3. The Balaban J connectivity index is 1.61. The molecule has 0 unspecified atom stereocenters. The Morgan fingerprint density at radius 3 is 2.46 bits per heavy atom. The van der Waals surface area contributed by atoms with Gasteiger partial charge in [0.1, 0.15) is 0 Å². The van der Waals surface area contributed by atoms with E-state index in [0.29, 0.717) is 17.9 Å². The number of hydrogen-bond acceptors (Lipinski definition) is 2. The Morgan fingerprint density at radius 1 is 1.26 bits per heavy atom. The van der Waals surface area contributed by atoms with Crippen LogP contribution in [0.5, 0.6) is 0 Å². The molecule has 2 fully saturated rings. The number of aryl methyl sites for hydroxylation is 1. The van der Waals surface area contributed by atoms with Crippen molar-refractivity contribution in [3.05, 3.63) is 46.1 Å². The van der Waals surface area contributed by atoms with E-state index in [1.54, 1.807) is 6.20 Å². The van der Waals surface area contributed by atoms with E-state index in [4.69, 9.17) is 11.6 Å². The van der Waals surface area contributed by atoms with Crippen LogP contribution in [-0.4, -0.2) is 34.5 Å². The van der Waals surface area contributed by atoms with Crippen LogP contribution in [0, 0.1) is 23.2 Å². The number of nitrogens with one attached hydrogen (secondary N) is 1. The number of halogens is 3. The molecule has 1 heterocycles. The zero-order chi connectivity index (χ0) is 25.8. The van der Waals surface area contributed by atoms with E-state index in [2.05, 4.69) is 26.1 Å². The van der Waals surface area contributed by atoms with Crippen molar-refractivity contribution in [2.45, 2.75) is 77.7 Å². The van der Waals surface area contributed by atoms with Crippen molar-refractivity contribution in [3.8, 4) is 0 Å². The number of carbonyl (C=O) groups excluding carboxylic acids is 1. The molecule has 1 atom stereocenters. The minimum Gasteiger partial charge on any atom is -0.481 e. The summed E-state index contributed by atoms with van der Waals surface area (Å²) in [5.41, 5.74) is 2.09. The Bertz CT molecular complexity index is 1040. The van der Waals surface area contributed by atoms with E-state index in [-0.39, 0.29) is 42.7 Å². The first-order valence-electron chi connectivity index (χ1n) is 12.4. The molecule has 1 aliphatic heterocycles. The molecule has 0 radical (unpaired) electrons. The van der Waals surface area contributed by atoms with Crippen LogP contribution in [0.15, 0.2) is 30.0 Å². The number of carbonyl (C=O) groups is 2. The van der Waals surface area contributed by atoms with Crippen molar-refractivity contribution in [2.75, 3.05) is 6.54 Å². The van der Waals surface area contributed by atoms with E-state index >= 15 is 0 Å². The van der Waals surface area contributed by atoms with Crippen molar-refractivity contribution in [1.29, 1.82) is 0 Å². The summed E-state index contributed by atoms with van der Waals surface area (Å²) in [5.74, 6) is -4.15. The normalized spacial score (nSPS) is 28.6. The van der Waals surface area contributed by atoms with Gasteiger partial charge in [0.25, 0.3) is 0 Å². The molecular weight excluding hydrogens is 474 g/mol. The first-order valence-corrected chi connectivity index (χ1v) is 12.8. The Hall–Kier alpha value is -2.15. The zero-order valence-corrected chi connectivity index (χ0v) is 21.6. The van der Waals surface area contributed by atoms with Crippen LogP contribution < -0.4 is 5.32 Å². The lowest BCUT2D eigenvalue weighted by molar-refractivity contribution is -0.145. The number of carboxylic acids is 1. The molecule has 0 saturated heterocycles. The van der Waals surface area contributed by atoms with Crippen molar-refractivity contribution >= 4 is 23.6 Å². The van der Waals surface area contributed by atoms with Gasteiger partial charge in [-0.3, -0.25) is 4.79 Å². The smallest absolute Gasteiger partial charge is 0.322 e. The maximum Gasteiger partial charge on any atom is 0.322 e. The molecule has 1 aromatic carbocycles. The fourth-order valence-corrected chi connectivity index (χ4v) is 5.71. The molecule has 192 valence electrons. The number of nitrogens with zero attached hydrogens (tertiary/aromatic N) is 1. The maximum absolute atomic E-state index is 13.4. The van der Waals surface area contributed by atoms with Crippen LogP contribution in [-0.2, 0) is 16.8 Å². The van der Waals surface area contributed by atoms with Gasteiger partial charge in [0.2, 0.25) is 5.92 Å². The fraction of sp³-hybridized carbons (Fsp3) is 0.630. The minimum absolute atomic E-state index is 0.0219. The first kappa shape index (κ1) is 25.9. The van der Waals surface area contributed by atoms with Gasteiger partial charge >= 0.3 is 12.0 Å². The van der Waals surface area contributed by atoms with Crippen molar-refractivity contribution in [3.63, 3.8) is 0 Å². The van der Waals surface area contributed by atoms with Crippen LogP contribution in [0.1, 0.15) is 70.9 Å². The molecule has 2 amide bonds. The molecule has 2 N–H and O–H groups in total. The minimum atomic E-state index is -2.65. The Kier molecular flexibility index (Phi) is 6.71. The highest BCUT2D eigenvalue weighted by Gasteiger charge is 2.49. The second-order valence-electron chi connectivity index (χ2n) is 12.0. The van der Waals surface area contributed by atoms with Gasteiger partial charge in [-0.25, -0.2) is 13.6 Å². The molecule has 0 aromatic heterocycles. The lowest BCUT2D eigenvalue weighted by Gasteiger charge is -2.48. The highest BCUT2D eigenvalue weighted by atomic mass is 35.5. The van der Waals surface area contributed by atoms with Gasteiger partial charge in [-0.1, -0.05) is 44.5 Å². The summed E-state index contributed by atoms with van der Waals surface area (Å²) < 4.78 is 26.7. The van der Waals surface area contributed by atoms with Crippen LogP contribution in [0.3, 0.4) is 0 Å². The molecule has 2 saturated carbocycles. The fourth-order valence-electron chi connectivity index (χ4n) is 5.44. The number of carboxylic acid groups (broad SMARTS) is 1. The van der Waals surface area contributed by atoms with Gasteiger partial charge < -0.3 is 15.3 Å². The topological polar surface area (TPSA) is 69.6 Å². The van der Waals surface area contributed by atoms with E-state index in [0.717, 1.165) is 29.5 Å². The predicted octanol–water partition coefficient (Wildman–Crippen LogP) is 6.60. The molecule has 35 heavy (non-hydrogen) atoms. The Labute approximate surface area is 210 Å². The largest absolute Gasteiger partial charge is 0.481 e. The van der Waals surface area contributed by atoms with Gasteiger partial charge in [-0.15, -0.1) is 0 Å². The first-order chi connectivity index (χ1) is 16.2. The number of benzene rings is 1. The maximum atomic E-state index is 13.4. The highest BCUT2D eigenvalue weighted by Crippen LogP contribution is 2.49. The van der Waals surface area contributed by atoms with Gasteiger partial charge in [0.05, 0.1) is 11.5 Å². The predicted molar refractivity (Wildman–Crippen MR) is 131 cm³/mol. The molecule has 5 nitrogen and oxygen atoms in total. The molecule has 2 aliphatic carbocycles. The van der Waals surface area contributed by atoms with Crippen LogP contribution in [0.2, 0.25) is 5.02 Å². The average Bonchev–Trinajstić information content (AvgIpc) is 2.66. The second kappa shape index (κ2) is 9.06. The van der Waals surface area contributed by atoms with Crippen LogP contribution >= 0.6 is 11.6 Å². The molecule has 1 aromatic rings. The summed E-state index contributed by atoms with van der Waals surface area (Å²) >= 11 is 6.68. The zero-order valence-electron chi connectivity index (χ0n) is 20.8. The number of rotatable bonds is 7. The van der Waals surface area contributed by atoms with E-state index in [1.165, 1.54) is 4.90 Å². The third-order valence-corrected chi connectivity index (χ3v) is 8.17. The molecule has 0 bridgehead atoms. The van der Waals surface area contributed by atoms with Crippen LogP contribution in [0.4, 0.5) is 13.6 Å². The highest BCUT2D eigenvalue weighted by molar-refractivity contribution is 6.31. The summed E-state index contributed by atoms with van der Waals surface area (Å²) in [6.45, 7) is 8.70. The van der Waals surface area contributed by atoms with E-state index < -0.39 is 23.3 Å². The Morgan fingerprint density at radius 2 is 1.91 bits per heavy atom. The number of aliphatic carboxylic acids is 1. The number of hydrogen-bond donors (Lipinski definition) is 2. The SMILES string of the molecule is CC(C)(C)CCc1ccc([C@]2(C)NC(=O)N(CC3CC(F)(F)C3)C=C2[C@H]2C[C@@H](C(=O)O)C2)cc1Cl.